The topological polar surface area (TPSA) is 77.1 Å². The van der Waals surface area contributed by atoms with Crippen LogP contribution in [-0.2, 0) is 0 Å². The maximum Gasteiger partial charge on any atom is 0.262 e. The minimum absolute atomic E-state index is 0.272. The average molecular weight is 346 g/mol. The first-order chi connectivity index (χ1) is 12.5. The molecule has 4 rings (SSSR count). The van der Waals surface area contributed by atoms with Crippen LogP contribution in [0.3, 0.4) is 0 Å². The van der Waals surface area contributed by atoms with Crippen LogP contribution in [0, 0.1) is 20.8 Å². The van der Waals surface area contributed by atoms with E-state index in [-0.39, 0.29) is 5.91 Å². The van der Waals surface area contributed by atoms with E-state index in [2.05, 4.69) is 20.5 Å². The van der Waals surface area contributed by atoms with Crippen molar-refractivity contribution in [1.82, 2.24) is 24.4 Å². The van der Waals surface area contributed by atoms with E-state index >= 15 is 0 Å². The number of hydrogen-bond donors (Lipinski definition) is 1. The summed E-state index contributed by atoms with van der Waals surface area (Å²) in [5.74, 6) is 0.339. The van der Waals surface area contributed by atoms with E-state index in [1.807, 2.05) is 45.0 Å². The fourth-order valence-electron chi connectivity index (χ4n) is 3.07. The highest BCUT2D eigenvalue weighted by molar-refractivity contribution is 6.07. The summed E-state index contributed by atoms with van der Waals surface area (Å²) in [6.07, 6.45) is 4.91. The first-order valence-corrected chi connectivity index (χ1v) is 8.27. The second kappa shape index (κ2) is 6.11. The monoisotopic (exact) mass is 346 g/mol. The van der Waals surface area contributed by atoms with Gasteiger partial charge in [-0.15, -0.1) is 0 Å². The molecule has 0 unspecified atom stereocenters. The molecule has 0 spiro atoms. The van der Waals surface area contributed by atoms with Gasteiger partial charge in [-0.25, -0.2) is 14.2 Å². The molecule has 0 saturated carbocycles. The third-order valence-electron chi connectivity index (χ3n) is 4.25. The van der Waals surface area contributed by atoms with Gasteiger partial charge in [0.2, 0.25) is 0 Å². The minimum atomic E-state index is -0.272. The number of carbonyl (C=O) groups is 1. The summed E-state index contributed by atoms with van der Waals surface area (Å²) < 4.78 is 3.35. The molecule has 0 aliphatic rings. The van der Waals surface area contributed by atoms with E-state index in [9.17, 15) is 4.79 Å². The Morgan fingerprint density at radius 1 is 1.12 bits per heavy atom. The van der Waals surface area contributed by atoms with Gasteiger partial charge < -0.3 is 5.32 Å². The minimum Gasteiger partial charge on any atom is -0.306 e. The molecule has 0 atom stereocenters. The Balaban J connectivity index is 1.75. The van der Waals surface area contributed by atoms with Crippen LogP contribution in [-0.4, -0.2) is 30.3 Å². The van der Waals surface area contributed by atoms with Crippen molar-refractivity contribution in [1.29, 1.82) is 0 Å². The molecule has 0 aliphatic heterocycles. The van der Waals surface area contributed by atoms with Gasteiger partial charge in [0.25, 0.3) is 5.91 Å². The van der Waals surface area contributed by atoms with Gasteiger partial charge in [-0.05, 0) is 38.0 Å². The predicted molar refractivity (Wildman–Crippen MR) is 98.7 cm³/mol. The van der Waals surface area contributed by atoms with Gasteiger partial charge in [0, 0.05) is 18.5 Å². The number of amides is 1. The number of hydrogen-bond acceptors (Lipinski definition) is 4. The summed E-state index contributed by atoms with van der Waals surface area (Å²) >= 11 is 0. The van der Waals surface area contributed by atoms with Gasteiger partial charge in [-0.2, -0.15) is 10.2 Å². The highest BCUT2D eigenvalue weighted by atomic mass is 16.1. The van der Waals surface area contributed by atoms with Gasteiger partial charge in [0.1, 0.15) is 11.4 Å². The Labute approximate surface area is 150 Å². The number of nitrogens with zero attached hydrogens (tertiary/aromatic N) is 5. The largest absolute Gasteiger partial charge is 0.306 e. The number of fused-ring (bicyclic) bond motifs is 1. The van der Waals surface area contributed by atoms with E-state index in [0.29, 0.717) is 17.0 Å². The number of anilines is 1. The van der Waals surface area contributed by atoms with Gasteiger partial charge in [-0.3, -0.25) is 4.79 Å². The molecule has 3 aromatic heterocycles. The zero-order valence-corrected chi connectivity index (χ0v) is 14.8. The molecule has 3 heterocycles. The fraction of sp³-hybridized carbons (Fsp3) is 0.158. The van der Waals surface area contributed by atoms with Crippen molar-refractivity contribution in [3.05, 3.63) is 71.3 Å². The summed E-state index contributed by atoms with van der Waals surface area (Å²) in [5.41, 5.74) is 4.88. The van der Waals surface area contributed by atoms with Crippen molar-refractivity contribution >= 4 is 17.4 Å². The lowest BCUT2D eigenvalue weighted by molar-refractivity contribution is 0.102. The quantitative estimate of drug-likeness (QED) is 0.618. The summed E-state index contributed by atoms with van der Waals surface area (Å²) in [4.78, 5) is 17.0. The molecule has 1 aromatic carbocycles. The highest BCUT2D eigenvalue weighted by Gasteiger charge is 2.18. The van der Waals surface area contributed by atoms with Crippen molar-refractivity contribution < 1.29 is 4.79 Å². The van der Waals surface area contributed by atoms with E-state index in [1.165, 1.54) is 6.20 Å². The van der Waals surface area contributed by atoms with Gasteiger partial charge in [-0.1, -0.05) is 18.2 Å². The van der Waals surface area contributed by atoms with Crippen LogP contribution in [0.1, 0.15) is 27.2 Å². The molecule has 0 saturated heterocycles. The number of aromatic nitrogens is 5. The molecule has 7 heteroatoms. The first kappa shape index (κ1) is 16.0. The Kier molecular flexibility index (Phi) is 3.76. The average Bonchev–Trinajstić information content (AvgIpc) is 3.18. The Morgan fingerprint density at radius 3 is 2.65 bits per heavy atom. The number of carbonyl (C=O) groups excluding carboxylic acids is 1. The smallest absolute Gasteiger partial charge is 0.262 e. The Morgan fingerprint density at radius 2 is 1.88 bits per heavy atom. The third-order valence-corrected chi connectivity index (χ3v) is 4.25. The van der Waals surface area contributed by atoms with Gasteiger partial charge >= 0.3 is 0 Å². The number of para-hydroxylation sites is 1. The number of nitrogens with one attached hydrogen (secondary N) is 1. The maximum atomic E-state index is 12.8. The number of aryl methyl sites for hydroxylation is 3. The molecule has 0 fully saturated rings. The zero-order chi connectivity index (χ0) is 18.3. The van der Waals surface area contributed by atoms with Crippen molar-refractivity contribution in [3.63, 3.8) is 0 Å². The van der Waals surface area contributed by atoms with Crippen LogP contribution in [0.2, 0.25) is 0 Å². The molecular formula is C19H18N6O. The van der Waals surface area contributed by atoms with E-state index < -0.39 is 0 Å². The summed E-state index contributed by atoms with van der Waals surface area (Å²) in [5, 5.41) is 11.7. The Bertz CT molecular complexity index is 1100. The SMILES string of the molecule is Cc1cc(NC(=O)c2cnn3cccnc23)n(-c2c(C)cccc2C)n1. The van der Waals surface area contributed by atoms with Crippen LogP contribution in [0.25, 0.3) is 11.3 Å². The van der Waals surface area contributed by atoms with Crippen LogP contribution in [0.15, 0.2) is 48.9 Å². The summed E-state index contributed by atoms with van der Waals surface area (Å²) in [6, 6.07) is 9.68. The maximum absolute atomic E-state index is 12.8. The van der Waals surface area contributed by atoms with Crippen LogP contribution >= 0.6 is 0 Å². The summed E-state index contributed by atoms with van der Waals surface area (Å²) in [7, 11) is 0. The highest BCUT2D eigenvalue weighted by Crippen LogP contribution is 2.24. The molecule has 7 nitrogen and oxygen atoms in total. The normalized spacial score (nSPS) is 11.0. The number of rotatable bonds is 3. The summed E-state index contributed by atoms with van der Waals surface area (Å²) in [6.45, 7) is 5.96. The van der Waals surface area contributed by atoms with Gasteiger partial charge in [0.15, 0.2) is 5.65 Å². The lowest BCUT2D eigenvalue weighted by Gasteiger charge is -2.13. The lowest BCUT2D eigenvalue weighted by atomic mass is 10.1. The molecule has 130 valence electrons. The molecule has 1 amide bonds. The van der Waals surface area contributed by atoms with E-state index in [4.69, 9.17) is 0 Å². The van der Waals surface area contributed by atoms with E-state index in [1.54, 1.807) is 27.7 Å². The van der Waals surface area contributed by atoms with Gasteiger partial charge in [0.05, 0.1) is 17.6 Å². The van der Waals surface area contributed by atoms with Crippen molar-refractivity contribution in [2.45, 2.75) is 20.8 Å². The van der Waals surface area contributed by atoms with Crippen molar-refractivity contribution in [3.8, 4) is 5.69 Å². The second-order valence-corrected chi connectivity index (χ2v) is 6.22. The van der Waals surface area contributed by atoms with E-state index in [0.717, 1.165) is 22.5 Å². The Hall–Kier alpha value is -3.48. The predicted octanol–water partition coefficient (Wildman–Crippen LogP) is 3.09. The molecule has 0 aliphatic carbocycles. The molecule has 1 N–H and O–H groups in total. The number of benzene rings is 1. The molecule has 0 radical (unpaired) electrons. The molecule has 0 bridgehead atoms. The molecular weight excluding hydrogens is 328 g/mol. The lowest BCUT2D eigenvalue weighted by Crippen LogP contribution is -2.16. The third kappa shape index (κ3) is 2.63. The van der Waals surface area contributed by atoms with Crippen LogP contribution < -0.4 is 5.32 Å². The van der Waals surface area contributed by atoms with Crippen molar-refractivity contribution in [2.24, 2.45) is 0 Å². The standard InChI is InChI=1S/C19H18N6O/c1-12-6-4-7-13(2)17(12)25-16(10-14(3)23-25)22-19(26)15-11-21-24-9-5-8-20-18(15)24/h4-11H,1-3H3,(H,22,26). The van der Waals surface area contributed by atoms with Crippen LogP contribution in [0.4, 0.5) is 5.82 Å². The first-order valence-electron chi connectivity index (χ1n) is 8.27. The van der Waals surface area contributed by atoms with Crippen molar-refractivity contribution in [2.75, 3.05) is 5.32 Å². The molecule has 4 aromatic rings. The molecule has 26 heavy (non-hydrogen) atoms. The van der Waals surface area contributed by atoms with Crippen LogP contribution in [0.5, 0.6) is 0 Å². The zero-order valence-electron chi connectivity index (χ0n) is 14.8. The fourth-order valence-corrected chi connectivity index (χ4v) is 3.07. The second-order valence-electron chi connectivity index (χ2n) is 6.22.